The van der Waals surface area contributed by atoms with Gasteiger partial charge in [0.15, 0.2) is 11.7 Å². The molecule has 1 N–H and O–H groups in total. The molecule has 2 aromatic carbocycles. The standard InChI is InChI=1S/C28H34N4O4/c1-20-29-18-27(36-20)25-10-9-23(16-26(25)34-2)31-11-4-12-32(14-13-31)28(33)30-17-22-5-3-6-24(15-22)35-19-21-7-8-21/h3,5-6,9-10,15-16,18,21H,4,7-8,11-14,17,19H2,1-2H3,(H,30,33). The number of nitrogens with one attached hydrogen (secondary N) is 1. The lowest BCUT2D eigenvalue weighted by atomic mass is 10.1. The monoisotopic (exact) mass is 490 g/mol. The summed E-state index contributed by atoms with van der Waals surface area (Å²) in [7, 11) is 1.66. The number of urea groups is 1. The number of rotatable bonds is 8. The number of oxazole rings is 1. The summed E-state index contributed by atoms with van der Waals surface area (Å²) in [5.74, 6) is 3.64. The van der Waals surface area contributed by atoms with Crippen LogP contribution in [-0.2, 0) is 6.54 Å². The van der Waals surface area contributed by atoms with Gasteiger partial charge in [-0.15, -0.1) is 0 Å². The van der Waals surface area contributed by atoms with Crippen molar-refractivity contribution in [3.05, 3.63) is 60.1 Å². The molecule has 1 aliphatic heterocycles. The predicted octanol–water partition coefficient (Wildman–Crippen LogP) is 4.87. The Hall–Kier alpha value is -3.68. The van der Waals surface area contributed by atoms with Gasteiger partial charge in [-0.1, -0.05) is 12.1 Å². The van der Waals surface area contributed by atoms with E-state index >= 15 is 0 Å². The quantitative estimate of drug-likeness (QED) is 0.485. The van der Waals surface area contributed by atoms with Crippen molar-refractivity contribution >= 4 is 11.7 Å². The zero-order chi connectivity index (χ0) is 24.9. The summed E-state index contributed by atoms with van der Waals surface area (Å²) >= 11 is 0. The number of carbonyl (C=O) groups is 1. The first kappa shape index (κ1) is 24.0. The fourth-order valence-electron chi connectivity index (χ4n) is 4.48. The fourth-order valence-corrected chi connectivity index (χ4v) is 4.48. The molecule has 0 unspecified atom stereocenters. The van der Waals surface area contributed by atoms with E-state index in [1.165, 1.54) is 12.8 Å². The van der Waals surface area contributed by atoms with Gasteiger partial charge in [0.1, 0.15) is 11.5 Å². The minimum atomic E-state index is -0.0326. The molecule has 0 spiro atoms. The molecule has 3 aromatic rings. The molecule has 0 bridgehead atoms. The third-order valence-corrected chi connectivity index (χ3v) is 6.74. The van der Waals surface area contributed by atoms with Gasteiger partial charge in [-0.25, -0.2) is 9.78 Å². The van der Waals surface area contributed by atoms with E-state index in [0.29, 0.717) is 30.7 Å². The van der Waals surface area contributed by atoms with Gasteiger partial charge in [0.2, 0.25) is 0 Å². The van der Waals surface area contributed by atoms with E-state index < -0.39 is 0 Å². The lowest BCUT2D eigenvalue weighted by molar-refractivity contribution is 0.201. The van der Waals surface area contributed by atoms with Crippen LogP contribution < -0.4 is 19.7 Å². The van der Waals surface area contributed by atoms with Gasteiger partial charge in [-0.05, 0) is 55.0 Å². The van der Waals surface area contributed by atoms with Crippen molar-refractivity contribution in [2.75, 3.05) is 44.8 Å². The molecule has 1 aliphatic carbocycles. The third kappa shape index (κ3) is 5.93. The molecule has 2 aliphatic rings. The average molecular weight is 491 g/mol. The number of hydrogen-bond acceptors (Lipinski definition) is 6. The smallest absolute Gasteiger partial charge is 0.317 e. The Morgan fingerprint density at radius 3 is 2.81 bits per heavy atom. The summed E-state index contributed by atoms with van der Waals surface area (Å²) < 4.78 is 17.2. The fraction of sp³-hybridized carbons (Fsp3) is 0.429. The van der Waals surface area contributed by atoms with Crippen LogP contribution in [0.1, 0.15) is 30.7 Å². The molecule has 1 saturated heterocycles. The number of anilines is 1. The molecule has 190 valence electrons. The summed E-state index contributed by atoms with van der Waals surface area (Å²) in [5.41, 5.74) is 2.99. The molecule has 2 amide bonds. The highest BCUT2D eigenvalue weighted by Gasteiger charge is 2.22. The zero-order valence-electron chi connectivity index (χ0n) is 21.0. The van der Waals surface area contributed by atoms with E-state index in [4.69, 9.17) is 13.9 Å². The number of aryl methyl sites for hydroxylation is 1. The molecule has 0 atom stereocenters. The van der Waals surface area contributed by atoms with E-state index in [-0.39, 0.29) is 6.03 Å². The molecule has 8 nitrogen and oxygen atoms in total. The summed E-state index contributed by atoms with van der Waals surface area (Å²) in [6, 6.07) is 14.1. The number of ether oxygens (including phenoxy) is 2. The number of methoxy groups -OCH3 is 1. The second kappa shape index (κ2) is 10.9. The number of nitrogens with zero attached hydrogens (tertiary/aromatic N) is 3. The highest BCUT2D eigenvalue weighted by Crippen LogP contribution is 2.34. The lowest BCUT2D eigenvalue weighted by Crippen LogP contribution is -2.41. The first-order valence-corrected chi connectivity index (χ1v) is 12.7. The van der Waals surface area contributed by atoms with Crippen molar-refractivity contribution in [3.63, 3.8) is 0 Å². The van der Waals surface area contributed by atoms with Gasteiger partial charge in [-0.3, -0.25) is 0 Å². The molecule has 0 radical (unpaired) electrons. The molecular weight excluding hydrogens is 456 g/mol. The Morgan fingerprint density at radius 2 is 2.03 bits per heavy atom. The Labute approximate surface area is 212 Å². The Kier molecular flexibility index (Phi) is 7.30. The van der Waals surface area contributed by atoms with Crippen molar-refractivity contribution in [2.45, 2.75) is 32.7 Å². The van der Waals surface area contributed by atoms with E-state index in [0.717, 1.165) is 61.0 Å². The van der Waals surface area contributed by atoms with Crippen molar-refractivity contribution in [3.8, 4) is 22.8 Å². The van der Waals surface area contributed by atoms with E-state index in [1.807, 2.05) is 48.2 Å². The van der Waals surface area contributed by atoms with Gasteiger partial charge in [-0.2, -0.15) is 0 Å². The van der Waals surface area contributed by atoms with Crippen LogP contribution in [0.2, 0.25) is 0 Å². The highest BCUT2D eigenvalue weighted by molar-refractivity contribution is 5.74. The minimum absolute atomic E-state index is 0.0326. The largest absolute Gasteiger partial charge is 0.496 e. The summed E-state index contributed by atoms with van der Waals surface area (Å²) in [6.07, 6.45) is 5.14. The SMILES string of the molecule is COc1cc(N2CCCN(C(=O)NCc3cccc(OCC4CC4)c3)CC2)ccc1-c1cnc(C)o1. The maximum Gasteiger partial charge on any atom is 0.317 e. The molecule has 2 heterocycles. The number of aromatic nitrogens is 1. The molecule has 36 heavy (non-hydrogen) atoms. The highest BCUT2D eigenvalue weighted by atomic mass is 16.5. The van der Waals surface area contributed by atoms with E-state index in [9.17, 15) is 4.79 Å². The summed E-state index contributed by atoms with van der Waals surface area (Å²) in [6.45, 7) is 6.09. The molecule has 1 aromatic heterocycles. The Morgan fingerprint density at radius 1 is 1.14 bits per heavy atom. The van der Waals surface area contributed by atoms with Crippen LogP contribution in [-0.4, -0.2) is 55.8 Å². The molecule has 8 heteroatoms. The predicted molar refractivity (Wildman–Crippen MR) is 139 cm³/mol. The first-order chi connectivity index (χ1) is 17.6. The summed E-state index contributed by atoms with van der Waals surface area (Å²) in [4.78, 5) is 21.3. The maximum absolute atomic E-state index is 12.9. The molecular formula is C28H34N4O4. The summed E-state index contributed by atoms with van der Waals surface area (Å²) in [5, 5.41) is 3.08. The first-order valence-electron chi connectivity index (χ1n) is 12.7. The Bertz CT molecular complexity index is 1190. The van der Waals surface area contributed by atoms with Gasteiger partial charge in [0.25, 0.3) is 0 Å². The van der Waals surface area contributed by atoms with Crippen molar-refractivity contribution < 1.29 is 18.7 Å². The van der Waals surface area contributed by atoms with Gasteiger partial charge >= 0.3 is 6.03 Å². The number of amides is 2. The van der Waals surface area contributed by atoms with Crippen molar-refractivity contribution in [1.29, 1.82) is 0 Å². The number of hydrogen-bond donors (Lipinski definition) is 1. The van der Waals surface area contributed by atoms with Gasteiger partial charge in [0, 0.05) is 51.4 Å². The molecule has 2 fully saturated rings. The van der Waals surface area contributed by atoms with Crippen LogP contribution in [0, 0.1) is 12.8 Å². The molecule has 5 rings (SSSR count). The van der Waals surface area contributed by atoms with Gasteiger partial charge in [0.05, 0.1) is 25.5 Å². The van der Waals surface area contributed by atoms with Crippen molar-refractivity contribution in [2.24, 2.45) is 5.92 Å². The second-order valence-electron chi connectivity index (χ2n) is 9.52. The van der Waals surface area contributed by atoms with Crippen LogP contribution >= 0.6 is 0 Å². The topological polar surface area (TPSA) is 80.1 Å². The van der Waals surface area contributed by atoms with Crippen molar-refractivity contribution in [1.82, 2.24) is 15.2 Å². The number of benzene rings is 2. The van der Waals surface area contributed by atoms with Crippen LogP contribution in [0.5, 0.6) is 11.5 Å². The Balaban J connectivity index is 1.16. The van der Waals surface area contributed by atoms with Crippen LogP contribution in [0.4, 0.5) is 10.5 Å². The average Bonchev–Trinajstić information content (AvgIpc) is 3.69. The van der Waals surface area contributed by atoms with Gasteiger partial charge < -0.3 is 29.0 Å². The van der Waals surface area contributed by atoms with E-state index in [2.05, 4.69) is 21.3 Å². The number of carbonyl (C=O) groups excluding carboxylic acids is 1. The zero-order valence-corrected chi connectivity index (χ0v) is 21.0. The van der Waals surface area contributed by atoms with E-state index in [1.54, 1.807) is 13.3 Å². The van der Waals surface area contributed by atoms with Crippen LogP contribution in [0.25, 0.3) is 11.3 Å². The van der Waals surface area contributed by atoms with Crippen LogP contribution in [0.15, 0.2) is 53.1 Å². The minimum Gasteiger partial charge on any atom is -0.496 e. The maximum atomic E-state index is 12.9. The normalized spacial score (nSPS) is 15.9. The third-order valence-electron chi connectivity index (χ3n) is 6.74. The van der Waals surface area contributed by atoms with Crippen LogP contribution in [0.3, 0.4) is 0 Å². The second-order valence-corrected chi connectivity index (χ2v) is 9.52. The molecule has 1 saturated carbocycles. The lowest BCUT2D eigenvalue weighted by Gasteiger charge is -2.24.